The molecule has 1 aromatic heterocycles. The van der Waals surface area contributed by atoms with Gasteiger partial charge in [0.2, 0.25) is 0 Å². The third-order valence-corrected chi connectivity index (χ3v) is 4.36. The van der Waals surface area contributed by atoms with Gasteiger partial charge in [-0.1, -0.05) is 29.5 Å². The second-order valence-electron chi connectivity index (χ2n) is 6.21. The predicted molar refractivity (Wildman–Crippen MR) is 101 cm³/mol. The van der Waals surface area contributed by atoms with Crippen molar-refractivity contribution in [3.63, 3.8) is 0 Å². The lowest BCUT2D eigenvalue weighted by Gasteiger charge is -2.08. The first-order valence-corrected chi connectivity index (χ1v) is 8.90. The first-order chi connectivity index (χ1) is 13.1. The molecule has 0 spiro atoms. The number of esters is 1. The summed E-state index contributed by atoms with van der Waals surface area (Å²) in [4.78, 5) is 24.0. The topological polar surface area (TPSA) is 86.1 Å². The third-order valence-electron chi connectivity index (χ3n) is 4.36. The van der Waals surface area contributed by atoms with E-state index in [1.54, 1.807) is 22.9 Å². The van der Waals surface area contributed by atoms with Gasteiger partial charge in [-0.3, -0.25) is 4.79 Å². The van der Waals surface area contributed by atoms with Crippen molar-refractivity contribution in [2.75, 3.05) is 13.2 Å². The van der Waals surface area contributed by atoms with Crippen LogP contribution in [0.15, 0.2) is 42.5 Å². The van der Waals surface area contributed by atoms with Crippen molar-refractivity contribution in [3.05, 3.63) is 59.2 Å². The highest BCUT2D eigenvalue weighted by Gasteiger charge is 2.13. The molecule has 0 saturated carbocycles. The maximum Gasteiger partial charge on any atom is 0.338 e. The Hall–Kier alpha value is -3.22. The van der Waals surface area contributed by atoms with Gasteiger partial charge in [-0.05, 0) is 49.6 Å². The number of carbonyl (C=O) groups is 2. The summed E-state index contributed by atoms with van der Waals surface area (Å²) in [5.41, 5.74) is 4.19. The largest absolute Gasteiger partial charge is 0.452 e. The van der Waals surface area contributed by atoms with Crippen LogP contribution in [0.2, 0.25) is 0 Å². The number of benzene rings is 2. The lowest BCUT2D eigenvalue weighted by Crippen LogP contribution is -2.30. The maximum absolute atomic E-state index is 12.2. The quantitative estimate of drug-likeness (QED) is 0.648. The molecule has 140 valence electrons. The van der Waals surface area contributed by atoms with Gasteiger partial charge in [0.15, 0.2) is 6.61 Å². The van der Waals surface area contributed by atoms with Crippen molar-refractivity contribution < 1.29 is 14.3 Å². The fourth-order valence-electron chi connectivity index (χ4n) is 2.83. The van der Waals surface area contributed by atoms with Crippen molar-refractivity contribution in [1.29, 1.82) is 0 Å². The Morgan fingerprint density at radius 1 is 1.19 bits per heavy atom. The molecule has 0 radical (unpaired) electrons. The van der Waals surface area contributed by atoms with Crippen molar-refractivity contribution in [2.24, 2.45) is 0 Å². The van der Waals surface area contributed by atoms with E-state index in [-0.39, 0.29) is 12.5 Å². The van der Waals surface area contributed by atoms with Crippen LogP contribution in [0.5, 0.6) is 0 Å². The molecule has 0 bridgehead atoms. The predicted octanol–water partition coefficient (Wildman–Crippen LogP) is 2.28. The highest BCUT2D eigenvalue weighted by atomic mass is 16.5. The molecule has 1 amide bonds. The van der Waals surface area contributed by atoms with Crippen molar-refractivity contribution in [3.8, 4) is 0 Å². The Kier molecular flexibility index (Phi) is 5.80. The highest BCUT2D eigenvalue weighted by molar-refractivity contribution is 5.94. The number of ether oxygens (including phenoxy) is 1. The SMILES string of the molecule is CCn1nnc2cc(C(=O)OCC(=O)NCCc3ccccc3C)ccc21. The number of aromatic nitrogens is 3. The summed E-state index contributed by atoms with van der Waals surface area (Å²) in [7, 11) is 0. The van der Waals surface area contributed by atoms with Gasteiger partial charge < -0.3 is 10.1 Å². The molecule has 1 heterocycles. The fraction of sp³-hybridized carbons (Fsp3) is 0.300. The summed E-state index contributed by atoms with van der Waals surface area (Å²) in [6.45, 7) is 4.88. The molecule has 0 aliphatic carbocycles. The van der Waals surface area contributed by atoms with E-state index < -0.39 is 5.97 Å². The Labute approximate surface area is 157 Å². The number of rotatable bonds is 7. The van der Waals surface area contributed by atoms with Gasteiger partial charge >= 0.3 is 5.97 Å². The molecule has 7 nitrogen and oxygen atoms in total. The van der Waals surface area contributed by atoms with Gasteiger partial charge in [0.05, 0.1) is 11.1 Å². The van der Waals surface area contributed by atoms with Crippen LogP contribution in [0.25, 0.3) is 11.0 Å². The van der Waals surface area contributed by atoms with Crippen LogP contribution >= 0.6 is 0 Å². The molecule has 27 heavy (non-hydrogen) atoms. The smallest absolute Gasteiger partial charge is 0.338 e. The van der Waals surface area contributed by atoms with Crippen LogP contribution in [0.4, 0.5) is 0 Å². The third kappa shape index (κ3) is 4.49. The van der Waals surface area contributed by atoms with Gasteiger partial charge in [-0.15, -0.1) is 5.10 Å². The lowest BCUT2D eigenvalue weighted by molar-refractivity contribution is -0.124. The standard InChI is InChI=1S/C20H22N4O3/c1-3-24-18-9-8-16(12-17(18)22-23-24)20(26)27-13-19(25)21-11-10-15-7-5-4-6-14(15)2/h4-9,12H,3,10-11,13H2,1-2H3,(H,21,25). The molecule has 0 unspecified atom stereocenters. The molecular formula is C20H22N4O3. The van der Waals surface area contributed by atoms with E-state index in [9.17, 15) is 9.59 Å². The summed E-state index contributed by atoms with van der Waals surface area (Å²) in [6, 6.07) is 13.1. The normalized spacial score (nSPS) is 10.7. The first-order valence-electron chi connectivity index (χ1n) is 8.90. The molecule has 1 N–H and O–H groups in total. The van der Waals surface area contributed by atoms with Crippen LogP contribution in [-0.4, -0.2) is 40.0 Å². The average molecular weight is 366 g/mol. The Bertz CT molecular complexity index is 965. The number of hydrogen-bond acceptors (Lipinski definition) is 5. The summed E-state index contributed by atoms with van der Waals surface area (Å²) < 4.78 is 6.83. The molecule has 2 aromatic carbocycles. The molecule has 3 rings (SSSR count). The van der Waals surface area contributed by atoms with Crippen LogP contribution < -0.4 is 5.32 Å². The van der Waals surface area contributed by atoms with Crippen molar-refractivity contribution >= 4 is 22.9 Å². The number of aryl methyl sites for hydroxylation is 2. The number of carbonyl (C=O) groups excluding carboxylic acids is 2. The number of hydrogen-bond donors (Lipinski definition) is 1. The Morgan fingerprint density at radius 2 is 2.00 bits per heavy atom. The van der Waals surface area contributed by atoms with Crippen molar-refractivity contribution in [1.82, 2.24) is 20.3 Å². The Morgan fingerprint density at radius 3 is 2.78 bits per heavy atom. The summed E-state index contributed by atoms with van der Waals surface area (Å²) in [5.74, 6) is -0.882. The second kappa shape index (κ2) is 8.44. The van der Waals surface area contributed by atoms with Gasteiger partial charge in [0, 0.05) is 13.1 Å². The van der Waals surface area contributed by atoms with Crippen LogP contribution in [-0.2, 0) is 22.5 Å². The van der Waals surface area contributed by atoms with E-state index in [0.717, 1.165) is 11.9 Å². The minimum atomic E-state index is -0.558. The van der Waals surface area contributed by atoms with Gasteiger partial charge in [-0.2, -0.15) is 0 Å². The lowest BCUT2D eigenvalue weighted by atomic mass is 10.1. The van der Waals surface area contributed by atoms with Crippen LogP contribution in [0.1, 0.15) is 28.4 Å². The number of fused-ring (bicyclic) bond motifs is 1. The minimum absolute atomic E-state index is 0.313. The Balaban J connectivity index is 1.48. The minimum Gasteiger partial charge on any atom is -0.452 e. The van der Waals surface area contributed by atoms with E-state index in [1.165, 1.54) is 11.1 Å². The number of amides is 1. The van der Waals surface area contributed by atoms with Gasteiger partial charge in [-0.25, -0.2) is 9.48 Å². The highest BCUT2D eigenvalue weighted by Crippen LogP contribution is 2.14. The first kappa shape index (κ1) is 18.6. The van der Waals surface area contributed by atoms with Gasteiger partial charge in [0.25, 0.3) is 5.91 Å². The molecule has 3 aromatic rings. The molecule has 0 saturated heterocycles. The number of nitrogens with one attached hydrogen (secondary N) is 1. The fourth-order valence-corrected chi connectivity index (χ4v) is 2.83. The van der Waals surface area contributed by atoms with E-state index in [0.29, 0.717) is 24.2 Å². The van der Waals surface area contributed by atoms with E-state index in [2.05, 4.69) is 15.6 Å². The molecule has 7 heteroatoms. The van der Waals surface area contributed by atoms with E-state index in [4.69, 9.17) is 4.74 Å². The van der Waals surface area contributed by atoms with E-state index >= 15 is 0 Å². The van der Waals surface area contributed by atoms with Crippen LogP contribution in [0.3, 0.4) is 0 Å². The summed E-state index contributed by atoms with van der Waals surface area (Å²) in [5, 5.41) is 10.8. The molecule has 0 atom stereocenters. The van der Waals surface area contributed by atoms with Gasteiger partial charge in [0.1, 0.15) is 5.52 Å². The average Bonchev–Trinajstić information content (AvgIpc) is 3.10. The molecule has 0 fully saturated rings. The molecule has 0 aliphatic heterocycles. The monoisotopic (exact) mass is 366 g/mol. The second-order valence-corrected chi connectivity index (χ2v) is 6.21. The van der Waals surface area contributed by atoms with E-state index in [1.807, 2.05) is 38.1 Å². The number of nitrogens with zero attached hydrogens (tertiary/aromatic N) is 3. The summed E-state index contributed by atoms with van der Waals surface area (Å²) in [6.07, 6.45) is 0.732. The summed E-state index contributed by atoms with van der Waals surface area (Å²) >= 11 is 0. The molecule has 0 aliphatic rings. The zero-order valence-corrected chi connectivity index (χ0v) is 15.4. The zero-order chi connectivity index (χ0) is 19.2. The van der Waals surface area contributed by atoms with Crippen LogP contribution in [0, 0.1) is 6.92 Å². The zero-order valence-electron chi connectivity index (χ0n) is 15.4. The molecular weight excluding hydrogens is 344 g/mol. The maximum atomic E-state index is 12.2. The van der Waals surface area contributed by atoms with Crippen molar-refractivity contribution in [2.45, 2.75) is 26.8 Å².